The van der Waals surface area contributed by atoms with Crippen LogP contribution in [-0.2, 0) is 6.42 Å². The van der Waals surface area contributed by atoms with Crippen LogP contribution >= 0.6 is 0 Å². The second kappa shape index (κ2) is 6.17. The molecule has 1 aromatic carbocycles. The molecule has 0 spiro atoms. The lowest BCUT2D eigenvalue weighted by atomic mass is 10.1. The molecule has 0 aliphatic heterocycles. The summed E-state index contributed by atoms with van der Waals surface area (Å²) in [5.41, 5.74) is 7.51. The van der Waals surface area contributed by atoms with E-state index in [4.69, 9.17) is 10.5 Å². The first-order chi connectivity index (χ1) is 10.7. The highest BCUT2D eigenvalue weighted by Gasteiger charge is 2.05. The second-order valence-electron chi connectivity index (χ2n) is 4.72. The van der Waals surface area contributed by atoms with Crippen molar-refractivity contribution >= 4 is 5.82 Å². The van der Waals surface area contributed by atoms with E-state index in [-0.39, 0.29) is 0 Å². The Morgan fingerprint density at radius 1 is 1.00 bits per heavy atom. The zero-order chi connectivity index (χ0) is 15.4. The number of methoxy groups -OCH3 is 1. The molecule has 0 fully saturated rings. The lowest BCUT2D eigenvalue weighted by Gasteiger charge is -2.04. The average Bonchev–Trinajstić information content (AvgIpc) is 2.56. The first kappa shape index (κ1) is 13.9. The number of benzene rings is 1. The van der Waals surface area contributed by atoms with Crippen molar-refractivity contribution in [2.24, 2.45) is 0 Å². The van der Waals surface area contributed by atoms with E-state index >= 15 is 0 Å². The van der Waals surface area contributed by atoms with Crippen molar-refractivity contribution in [2.75, 3.05) is 12.8 Å². The summed E-state index contributed by atoms with van der Waals surface area (Å²) in [5, 5.41) is 0. The highest BCUT2D eigenvalue weighted by molar-refractivity contribution is 5.53. The Bertz CT molecular complexity index is 756. The summed E-state index contributed by atoms with van der Waals surface area (Å²) in [6.07, 6.45) is 5.69. The highest BCUT2D eigenvalue weighted by atomic mass is 16.5. The van der Waals surface area contributed by atoms with Gasteiger partial charge in [0.2, 0.25) is 0 Å². The number of ether oxygens (including phenoxy) is 1. The van der Waals surface area contributed by atoms with Gasteiger partial charge in [-0.3, -0.25) is 0 Å². The molecule has 0 aliphatic rings. The summed E-state index contributed by atoms with van der Waals surface area (Å²) in [4.78, 5) is 17.0. The summed E-state index contributed by atoms with van der Waals surface area (Å²) in [5.74, 6) is 2.51. The zero-order valence-corrected chi connectivity index (χ0v) is 12.1. The van der Waals surface area contributed by atoms with Crippen LogP contribution < -0.4 is 10.5 Å². The van der Waals surface area contributed by atoms with Gasteiger partial charge in [0, 0.05) is 25.0 Å². The fraction of sp³-hybridized carbons (Fsp3) is 0.125. The number of hydrogen-bond donors (Lipinski definition) is 1. The maximum atomic E-state index is 5.65. The third kappa shape index (κ3) is 3.17. The van der Waals surface area contributed by atoms with Gasteiger partial charge in [-0.05, 0) is 23.8 Å². The van der Waals surface area contributed by atoms with Gasteiger partial charge in [-0.2, -0.15) is 0 Å². The van der Waals surface area contributed by atoms with E-state index in [2.05, 4.69) is 19.9 Å². The standard InChI is InChI=1S/C16H15N5O/c1-22-13-4-2-11(3-5-13)8-15-19-9-12(10-20-15)16-18-7-6-14(17)21-16/h2-7,9-10H,8H2,1H3,(H2,17,18,21). The van der Waals surface area contributed by atoms with Gasteiger partial charge in [-0.1, -0.05) is 12.1 Å². The molecular weight excluding hydrogens is 278 g/mol. The Hall–Kier alpha value is -3.02. The van der Waals surface area contributed by atoms with Crippen LogP contribution in [0.1, 0.15) is 11.4 Å². The molecule has 0 saturated carbocycles. The van der Waals surface area contributed by atoms with E-state index in [1.54, 1.807) is 31.8 Å². The second-order valence-corrected chi connectivity index (χ2v) is 4.72. The summed E-state index contributed by atoms with van der Waals surface area (Å²) in [6.45, 7) is 0. The van der Waals surface area contributed by atoms with Crippen LogP contribution in [0.4, 0.5) is 5.82 Å². The van der Waals surface area contributed by atoms with E-state index in [0.717, 1.165) is 22.7 Å². The van der Waals surface area contributed by atoms with E-state index in [0.29, 0.717) is 18.1 Å². The molecule has 3 rings (SSSR count). The van der Waals surface area contributed by atoms with Gasteiger partial charge in [0.15, 0.2) is 5.82 Å². The maximum Gasteiger partial charge on any atom is 0.164 e. The van der Waals surface area contributed by atoms with Crippen LogP contribution in [0.5, 0.6) is 5.75 Å². The quantitative estimate of drug-likeness (QED) is 0.792. The first-order valence-corrected chi connectivity index (χ1v) is 6.77. The van der Waals surface area contributed by atoms with E-state index in [9.17, 15) is 0 Å². The molecule has 6 nitrogen and oxygen atoms in total. The summed E-state index contributed by atoms with van der Waals surface area (Å²) >= 11 is 0. The molecule has 22 heavy (non-hydrogen) atoms. The molecule has 110 valence electrons. The molecule has 0 atom stereocenters. The highest BCUT2D eigenvalue weighted by Crippen LogP contribution is 2.15. The molecule has 2 heterocycles. The van der Waals surface area contributed by atoms with Crippen molar-refractivity contribution in [1.29, 1.82) is 0 Å². The fourth-order valence-corrected chi connectivity index (χ4v) is 2.00. The van der Waals surface area contributed by atoms with Crippen molar-refractivity contribution in [1.82, 2.24) is 19.9 Å². The molecule has 0 aliphatic carbocycles. The van der Waals surface area contributed by atoms with Gasteiger partial charge >= 0.3 is 0 Å². The van der Waals surface area contributed by atoms with Gasteiger partial charge < -0.3 is 10.5 Å². The van der Waals surface area contributed by atoms with Crippen LogP contribution in [0, 0.1) is 0 Å². The topological polar surface area (TPSA) is 86.8 Å². The summed E-state index contributed by atoms with van der Waals surface area (Å²) < 4.78 is 5.14. The van der Waals surface area contributed by atoms with Crippen LogP contribution in [-0.4, -0.2) is 27.0 Å². The smallest absolute Gasteiger partial charge is 0.164 e. The van der Waals surface area contributed by atoms with Crippen LogP contribution in [0.3, 0.4) is 0 Å². The number of aromatic nitrogens is 4. The number of hydrogen-bond acceptors (Lipinski definition) is 6. The predicted octanol–water partition coefficient (Wildman–Crippen LogP) is 2.12. The Balaban J connectivity index is 1.76. The molecule has 6 heteroatoms. The molecule has 2 N–H and O–H groups in total. The van der Waals surface area contributed by atoms with E-state index < -0.39 is 0 Å². The molecule has 0 bridgehead atoms. The Morgan fingerprint density at radius 3 is 2.36 bits per heavy atom. The van der Waals surface area contributed by atoms with Gasteiger partial charge in [0.05, 0.1) is 12.7 Å². The lowest BCUT2D eigenvalue weighted by Crippen LogP contribution is -1.99. The minimum absolute atomic E-state index is 0.423. The molecule has 0 radical (unpaired) electrons. The number of nitrogens with two attached hydrogens (primary N) is 1. The Kier molecular flexibility index (Phi) is 3.91. The van der Waals surface area contributed by atoms with Crippen molar-refractivity contribution in [2.45, 2.75) is 6.42 Å². The molecule has 0 saturated heterocycles. The largest absolute Gasteiger partial charge is 0.497 e. The molecule has 0 amide bonds. The average molecular weight is 293 g/mol. The normalized spacial score (nSPS) is 10.4. The van der Waals surface area contributed by atoms with Crippen molar-refractivity contribution in [3.05, 3.63) is 60.3 Å². The number of rotatable bonds is 4. The SMILES string of the molecule is COc1ccc(Cc2ncc(-c3nccc(N)n3)cn2)cc1. The summed E-state index contributed by atoms with van der Waals surface area (Å²) in [6, 6.07) is 9.48. The zero-order valence-electron chi connectivity index (χ0n) is 12.1. The van der Waals surface area contributed by atoms with Gasteiger partial charge in [-0.25, -0.2) is 19.9 Å². The van der Waals surface area contributed by atoms with Gasteiger partial charge in [0.25, 0.3) is 0 Å². The third-order valence-corrected chi connectivity index (χ3v) is 3.16. The minimum Gasteiger partial charge on any atom is -0.497 e. The maximum absolute atomic E-state index is 5.65. The van der Waals surface area contributed by atoms with Crippen molar-refractivity contribution in [3.63, 3.8) is 0 Å². The Morgan fingerprint density at radius 2 is 1.73 bits per heavy atom. The lowest BCUT2D eigenvalue weighted by molar-refractivity contribution is 0.414. The van der Waals surface area contributed by atoms with Gasteiger partial charge in [0.1, 0.15) is 17.4 Å². The number of nitrogen functional groups attached to an aromatic ring is 1. The van der Waals surface area contributed by atoms with Crippen LogP contribution in [0.2, 0.25) is 0 Å². The monoisotopic (exact) mass is 293 g/mol. The number of anilines is 1. The summed E-state index contributed by atoms with van der Waals surface area (Å²) in [7, 11) is 1.65. The third-order valence-electron chi connectivity index (χ3n) is 3.16. The predicted molar refractivity (Wildman–Crippen MR) is 83.3 cm³/mol. The van der Waals surface area contributed by atoms with Crippen LogP contribution in [0.15, 0.2) is 48.9 Å². The van der Waals surface area contributed by atoms with Crippen LogP contribution in [0.25, 0.3) is 11.4 Å². The van der Waals surface area contributed by atoms with Gasteiger partial charge in [-0.15, -0.1) is 0 Å². The molecule has 0 unspecified atom stereocenters. The minimum atomic E-state index is 0.423. The molecular formula is C16H15N5O. The molecule has 3 aromatic rings. The van der Waals surface area contributed by atoms with E-state index in [1.807, 2.05) is 24.3 Å². The van der Waals surface area contributed by atoms with E-state index in [1.165, 1.54) is 0 Å². The van der Waals surface area contributed by atoms with Crippen molar-refractivity contribution in [3.8, 4) is 17.1 Å². The number of nitrogens with zero attached hydrogens (tertiary/aromatic N) is 4. The Labute approximate surface area is 128 Å². The fourth-order valence-electron chi connectivity index (χ4n) is 2.00. The first-order valence-electron chi connectivity index (χ1n) is 6.77. The van der Waals surface area contributed by atoms with Crippen molar-refractivity contribution < 1.29 is 4.74 Å². The molecule has 2 aromatic heterocycles.